The molecule has 0 saturated heterocycles. The predicted molar refractivity (Wildman–Crippen MR) is 86.3 cm³/mol. The molecular formula is C18H33NO2. The highest BCUT2D eigenvalue weighted by Gasteiger charge is 2.39. The summed E-state index contributed by atoms with van der Waals surface area (Å²) in [5, 5.41) is 9.57. The number of hydrogen-bond donors (Lipinski definition) is 1. The second-order valence-corrected chi connectivity index (χ2v) is 7.35. The van der Waals surface area contributed by atoms with Crippen LogP contribution in [0.5, 0.6) is 0 Å². The molecule has 2 fully saturated rings. The van der Waals surface area contributed by atoms with Crippen LogP contribution in [-0.4, -0.2) is 35.1 Å². The van der Waals surface area contributed by atoms with Crippen molar-refractivity contribution in [3.63, 3.8) is 0 Å². The first-order valence-corrected chi connectivity index (χ1v) is 9.01. The first kappa shape index (κ1) is 16.8. The highest BCUT2D eigenvalue weighted by Crippen LogP contribution is 2.37. The molecule has 2 rings (SSSR count). The van der Waals surface area contributed by atoms with Crippen molar-refractivity contribution in [1.29, 1.82) is 0 Å². The first-order valence-electron chi connectivity index (χ1n) is 9.01. The maximum absolute atomic E-state index is 11.6. The van der Waals surface area contributed by atoms with Gasteiger partial charge in [-0.1, -0.05) is 26.7 Å². The van der Waals surface area contributed by atoms with Crippen LogP contribution >= 0.6 is 0 Å². The van der Waals surface area contributed by atoms with Crippen LogP contribution in [-0.2, 0) is 4.79 Å². The van der Waals surface area contributed by atoms with Gasteiger partial charge in [0.1, 0.15) is 0 Å². The summed E-state index contributed by atoms with van der Waals surface area (Å²) in [5.41, 5.74) is 0. The molecule has 3 unspecified atom stereocenters. The SMILES string of the molecule is CCC1CCC(N(C)C2CC(CC)CCC2C(=O)O)CC1. The number of aliphatic carboxylic acids is 1. The Balaban J connectivity index is 2.00. The van der Waals surface area contributed by atoms with Crippen molar-refractivity contribution < 1.29 is 9.90 Å². The minimum atomic E-state index is -0.580. The predicted octanol–water partition coefficient (Wildman–Crippen LogP) is 4.17. The molecule has 0 radical (unpaired) electrons. The standard InChI is InChI=1S/C18H33NO2/c1-4-13-6-9-15(10-7-13)19(3)17-12-14(5-2)8-11-16(17)18(20)21/h13-17H,4-12H2,1-3H3,(H,20,21). The third-order valence-electron chi connectivity index (χ3n) is 6.31. The molecule has 2 aliphatic rings. The number of hydrogen-bond acceptors (Lipinski definition) is 2. The second kappa shape index (κ2) is 7.62. The number of carboxylic acids is 1. The van der Waals surface area contributed by atoms with Crippen LogP contribution in [0.2, 0.25) is 0 Å². The molecule has 0 amide bonds. The van der Waals surface area contributed by atoms with E-state index in [1.54, 1.807) is 0 Å². The van der Waals surface area contributed by atoms with Crippen molar-refractivity contribution >= 4 is 5.97 Å². The molecule has 3 atom stereocenters. The number of nitrogens with zero attached hydrogens (tertiary/aromatic N) is 1. The van der Waals surface area contributed by atoms with E-state index in [4.69, 9.17) is 0 Å². The van der Waals surface area contributed by atoms with E-state index in [-0.39, 0.29) is 12.0 Å². The summed E-state index contributed by atoms with van der Waals surface area (Å²) < 4.78 is 0. The second-order valence-electron chi connectivity index (χ2n) is 7.35. The quantitative estimate of drug-likeness (QED) is 0.827. The Hall–Kier alpha value is -0.570. The van der Waals surface area contributed by atoms with Crippen molar-refractivity contribution in [2.45, 2.75) is 83.7 Å². The Morgan fingerprint density at radius 2 is 1.57 bits per heavy atom. The van der Waals surface area contributed by atoms with Crippen molar-refractivity contribution in [1.82, 2.24) is 4.90 Å². The summed E-state index contributed by atoms with van der Waals surface area (Å²) >= 11 is 0. The number of rotatable bonds is 5. The van der Waals surface area contributed by atoms with Gasteiger partial charge in [-0.15, -0.1) is 0 Å². The van der Waals surface area contributed by atoms with Crippen molar-refractivity contribution in [2.24, 2.45) is 17.8 Å². The van der Waals surface area contributed by atoms with Crippen LogP contribution < -0.4 is 0 Å². The molecule has 0 heterocycles. The molecule has 0 aliphatic heterocycles. The molecule has 0 aromatic heterocycles. The van der Waals surface area contributed by atoms with Gasteiger partial charge in [0, 0.05) is 12.1 Å². The summed E-state index contributed by atoms with van der Waals surface area (Å²) in [6.07, 6.45) is 10.7. The fourth-order valence-electron chi connectivity index (χ4n) is 4.57. The highest BCUT2D eigenvalue weighted by atomic mass is 16.4. The Kier molecular flexibility index (Phi) is 6.09. The molecule has 21 heavy (non-hydrogen) atoms. The van der Waals surface area contributed by atoms with E-state index in [1.165, 1.54) is 38.5 Å². The van der Waals surface area contributed by atoms with Crippen LogP contribution in [0.25, 0.3) is 0 Å². The lowest BCUT2D eigenvalue weighted by molar-refractivity contribution is -0.146. The van der Waals surface area contributed by atoms with E-state index in [9.17, 15) is 9.90 Å². The summed E-state index contributed by atoms with van der Waals surface area (Å²) in [6, 6.07) is 0.861. The molecular weight excluding hydrogens is 262 g/mol. The molecule has 0 aromatic rings. The highest BCUT2D eigenvalue weighted by molar-refractivity contribution is 5.71. The topological polar surface area (TPSA) is 40.5 Å². The minimum absolute atomic E-state index is 0.151. The zero-order valence-corrected chi connectivity index (χ0v) is 14.1. The maximum Gasteiger partial charge on any atom is 0.308 e. The lowest BCUT2D eigenvalue weighted by Crippen LogP contribution is -2.50. The zero-order chi connectivity index (χ0) is 15.4. The van der Waals surface area contributed by atoms with Gasteiger partial charge in [0.15, 0.2) is 0 Å². The monoisotopic (exact) mass is 295 g/mol. The van der Waals surface area contributed by atoms with Crippen LogP contribution in [0.15, 0.2) is 0 Å². The molecule has 3 heteroatoms. The van der Waals surface area contributed by atoms with Gasteiger partial charge in [-0.25, -0.2) is 0 Å². The average molecular weight is 295 g/mol. The van der Waals surface area contributed by atoms with Crippen LogP contribution in [0.1, 0.15) is 71.6 Å². The van der Waals surface area contributed by atoms with Gasteiger partial charge >= 0.3 is 5.97 Å². The molecule has 2 aliphatic carbocycles. The van der Waals surface area contributed by atoms with E-state index in [0.29, 0.717) is 6.04 Å². The normalized spacial score (nSPS) is 37.6. The van der Waals surface area contributed by atoms with Crippen LogP contribution in [0.4, 0.5) is 0 Å². The van der Waals surface area contributed by atoms with Crippen LogP contribution in [0, 0.1) is 17.8 Å². The van der Waals surface area contributed by atoms with Gasteiger partial charge in [-0.05, 0) is 63.8 Å². The van der Waals surface area contributed by atoms with Gasteiger partial charge < -0.3 is 5.11 Å². The van der Waals surface area contributed by atoms with Crippen molar-refractivity contribution in [3.8, 4) is 0 Å². The molecule has 0 spiro atoms. The third kappa shape index (κ3) is 4.00. The Morgan fingerprint density at radius 1 is 1.00 bits per heavy atom. The molecule has 0 bridgehead atoms. The number of carboxylic acid groups (broad SMARTS) is 1. The summed E-state index contributed by atoms with van der Waals surface area (Å²) in [4.78, 5) is 14.1. The molecule has 0 aromatic carbocycles. The summed E-state index contributed by atoms with van der Waals surface area (Å²) in [7, 11) is 2.19. The van der Waals surface area contributed by atoms with Crippen LogP contribution in [0.3, 0.4) is 0 Å². The zero-order valence-electron chi connectivity index (χ0n) is 14.1. The maximum atomic E-state index is 11.6. The fraction of sp³-hybridized carbons (Fsp3) is 0.944. The van der Waals surface area contributed by atoms with E-state index in [0.717, 1.165) is 31.1 Å². The van der Waals surface area contributed by atoms with Gasteiger partial charge in [-0.2, -0.15) is 0 Å². The van der Waals surface area contributed by atoms with Gasteiger partial charge in [0.25, 0.3) is 0 Å². The van der Waals surface area contributed by atoms with E-state index < -0.39 is 5.97 Å². The molecule has 1 N–H and O–H groups in total. The summed E-state index contributed by atoms with van der Waals surface area (Å²) in [6.45, 7) is 4.54. The third-order valence-corrected chi connectivity index (χ3v) is 6.31. The Morgan fingerprint density at radius 3 is 2.10 bits per heavy atom. The smallest absolute Gasteiger partial charge is 0.308 e. The summed E-state index contributed by atoms with van der Waals surface area (Å²) in [5.74, 6) is 0.894. The van der Waals surface area contributed by atoms with Gasteiger partial charge in [-0.3, -0.25) is 9.69 Å². The lowest BCUT2D eigenvalue weighted by atomic mass is 9.75. The molecule has 122 valence electrons. The van der Waals surface area contributed by atoms with Gasteiger partial charge in [0.2, 0.25) is 0 Å². The van der Waals surface area contributed by atoms with E-state index in [2.05, 4.69) is 25.8 Å². The average Bonchev–Trinajstić information content (AvgIpc) is 2.53. The fourth-order valence-corrected chi connectivity index (χ4v) is 4.57. The van der Waals surface area contributed by atoms with Gasteiger partial charge in [0.05, 0.1) is 5.92 Å². The minimum Gasteiger partial charge on any atom is -0.481 e. The largest absolute Gasteiger partial charge is 0.481 e. The van der Waals surface area contributed by atoms with E-state index in [1.807, 2.05) is 0 Å². The number of carbonyl (C=O) groups is 1. The Bertz CT molecular complexity index is 336. The van der Waals surface area contributed by atoms with Crippen molar-refractivity contribution in [3.05, 3.63) is 0 Å². The van der Waals surface area contributed by atoms with Crippen molar-refractivity contribution in [2.75, 3.05) is 7.05 Å². The molecule has 3 nitrogen and oxygen atoms in total. The lowest BCUT2D eigenvalue weighted by Gasteiger charge is -2.44. The Labute approximate surface area is 130 Å². The molecule has 2 saturated carbocycles. The first-order chi connectivity index (χ1) is 10.1. The van der Waals surface area contributed by atoms with E-state index >= 15 is 0 Å².